The lowest BCUT2D eigenvalue weighted by atomic mass is 9.95. The molecule has 0 aromatic carbocycles. The monoisotopic (exact) mass is 1120 g/mol. The van der Waals surface area contributed by atoms with E-state index in [4.69, 9.17) is 0 Å². The third-order valence-corrected chi connectivity index (χ3v) is 13.6. The van der Waals surface area contributed by atoms with Gasteiger partial charge in [-0.1, -0.05) is 88.7 Å². The summed E-state index contributed by atoms with van der Waals surface area (Å²) in [6.45, 7) is 31.8. The Labute approximate surface area is 471 Å². The number of aliphatic hydroxyl groups is 1. The lowest BCUT2D eigenvalue weighted by molar-refractivity contribution is -0.140. The molecule has 0 aliphatic carbocycles. The van der Waals surface area contributed by atoms with Crippen LogP contribution in [0.15, 0.2) is 12.2 Å². The van der Waals surface area contributed by atoms with E-state index in [9.17, 15) is 53.1 Å². The normalized spacial score (nSPS) is 17.8. The number of nitrogens with one attached hydrogen (secondary N) is 9. The fourth-order valence-electron chi connectivity index (χ4n) is 8.79. The highest BCUT2D eigenvalue weighted by atomic mass is 16.3. The Hall–Kier alpha value is -5.64. The second-order valence-corrected chi connectivity index (χ2v) is 25.4. The third-order valence-electron chi connectivity index (χ3n) is 13.6. The number of carbonyl (C=O) groups excluding carboxylic acids is 10. The molecule has 1 aliphatic rings. The maximum atomic E-state index is 14.2. The van der Waals surface area contributed by atoms with Gasteiger partial charge in [0, 0.05) is 32.1 Å². The van der Waals surface area contributed by atoms with Crippen LogP contribution in [0.2, 0.25) is 0 Å². The van der Waals surface area contributed by atoms with Gasteiger partial charge in [0.05, 0.1) is 6.10 Å². The largest absolute Gasteiger partial charge is 0.390 e. The maximum Gasteiger partial charge on any atom is 0.246 e. The van der Waals surface area contributed by atoms with E-state index < -0.39 is 106 Å². The molecule has 0 saturated carbocycles. The van der Waals surface area contributed by atoms with E-state index in [1.165, 1.54) is 52.5 Å². The van der Waals surface area contributed by atoms with Crippen molar-refractivity contribution in [3.63, 3.8) is 0 Å². The average Bonchev–Trinajstić information content (AvgIpc) is 3.71. The Morgan fingerprint density at radius 1 is 0.620 bits per heavy atom. The first-order chi connectivity index (χ1) is 36.2. The van der Waals surface area contributed by atoms with Crippen molar-refractivity contribution in [2.75, 3.05) is 33.7 Å². The van der Waals surface area contributed by atoms with Gasteiger partial charge in [0.2, 0.25) is 59.1 Å². The van der Waals surface area contributed by atoms with Gasteiger partial charge in [-0.15, -0.1) is 0 Å². The minimum absolute atomic E-state index is 0.0200. The predicted molar refractivity (Wildman–Crippen MR) is 305 cm³/mol. The number of nitrogens with zero attached hydrogens (tertiary/aromatic N) is 2. The number of likely N-dealkylation sites (tertiary alicyclic amines) is 1. The summed E-state index contributed by atoms with van der Waals surface area (Å²) in [7, 11) is 3.78. The molecular formula is C57H103N11O11. The van der Waals surface area contributed by atoms with Crippen molar-refractivity contribution < 1.29 is 53.1 Å². The molecule has 0 aromatic rings. The van der Waals surface area contributed by atoms with Gasteiger partial charge in [0.1, 0.15) is 46.8 Å². The molecule has 1 aliphatic heterocycles. The Bertz CT molecular complexity index is 2120. The van der Waals surface area contributed by atoms with Gasteiger partial charge in [-0.2, -0.15) is 0 Å². The molecule has 10 amide bonds. The van der Waals surface area contributed by atoms with Gasteiger partial charge >= 0.3 is 0 Å². The van der Waals surface area contributed by atoms with Crippen LogP contribution in [0.1, 0.15) is 163 Å². The minimum atomic E-state index is -1.76. The smallest absolute Gasteiger partial charge is 0.246 e. The van der Waals surface area contributed by atoms with Gasteiger partial charge in [-0.25, -0.2) is 0 Å². The first-order valence-corrected chi connectivity index (χ1v) is 28.3. The Balaban J connectivity index is 3.28. The summed E-state index contributed by atoms with van der Waals surface area (Å²) in [5.74, 6) is -7.00. The molecule has 9 atom stereocenters. The first-order valence-electron chi connectivity index (χ1n) is 28.3. The topological polar surface area (TPSA) is 306 Å². The maximum absolute atomic E-state index is 14.2. The number of aliphatic hydroxyl groups excluding tert-OH is 1. The Morgan fingerprint density at radius 3 is 1.61 bits per heavy atom. The number of hydrogen-bond acceptors (Lipinski definition) is 12. The number of allylic oxidation sites excluding steroid dienone is 1. The first kappa shape index (κ1) is 71.4. The molecule has 79 heavy (non-hydrogen) atoms. The summed E-state index contributed by atoms with van der Waals surface area (Å²) in [5, 5.41) is 35.9. The summed E-state index contributed by atoms with van der Waals surface area (Å²) in [6.07, 6.45) is 3.49. The van der Waals surface area contributed by atoms with Crippen LogP contribution in [0.3, 0.4) is 0 Å². The van der Waals surface area contributed by atoms with Crippen molar-refractivity contribution in [3.05, 3.63) is 12.2 Å². The fourth-order valence-corrected chi connectivity index (χ4v) is 8.79. The van der Waals surface area contributed by atoms with Crippen LogP contribution in [0.4, 0.5) is 0 Å². The molecule has 0 unspecified atom stereocenters. The van der Waals surface area contributed by atoms with E-state index in [2.05, 4.69) is 47.9 Å². The van der Waals surface area contributed by atoms with E-state index in [0.29, 0.717) is 19.5 Å². The Kier molecular flexibility index (Phi) is 28.9. The molecule has 22 nitrogen and oxygen atoms in total. The summed E-state index contributed by atoms with van der Waals surface area (Å²) in [6, 6.07) is -6.11. The molecule has 10 N–H and O–H groups in total. The zero-order valence-corrected chi connectivity index (χ0v) is 51.4. The number of carbonyl (C=O) groups is 10. The van der Waals surface area contributed by atoms with Crippen molar-refractivity contribution in [3.8, 4) is 0 Å². The molecular weight excluding hydrogens is 1010 g/mol. The average molecular weight is 1120 g/mol. The Morgan fingerprint density at radius 2 is 1.10 bits per heavy atom. The fraction of sp³-hybridized carbons (Fsp3) is 0.789. The van der Waals surface area contributed by atoms with Crippen LogP contribution >= 0.6 is 0 Å². The van der Waals surface area contributed by atoms with Crippen LogP contribution in [-0.2, 0) is 47.9 Å². The quantitative estimate of drug-likeness (QED) is 0.0434. The number of rotatable bonds is 32. The lowest BCUT2D eigenvalue weighted by Crippen LogP contribution is -2.66. The molecule has 1 rings (SSSR count). The molecule has 1 saturated heterocycles. The van der Waals surface area contributed by atoms with Crippen molar-refractivity contribution in [1.82, 2.24) is 57.7 Å². The summed E-state index contributed by atoms with van der Waals surface area (Å²) >= 11 is 0. The molecule has 22 heteroatoms. The van der Waals surface area contributed by atoms with Gasteiger partial charge in [-0.3, -0.25) is 47.9 Å². The predicted octanol–water partition coefficient (Wildman–Crippen LogP) is 2.18. The summed E-state index contributed by atoms with van der Waals surface area (Å²) in [4.78, 5) is 141. The number of likely N-dealkylation sites (N-methyl/N-ethyl adjacent to an activating group) is 1. The standard InChI is InChI=1S/C57H103N11O11/c1-21-36(10)22-23-44(70)68-30-37(11)29-42(68)50(75)61-39(26-32(2)3)48(73)63-45(46(71)35(8)9)51(76)65-56(15,16)53(78)62-40(27-33(4)5)47(72)60-41(28-34(6)7)49(74)64-57(17,18)54(79)66-55(13,14)52(77)58-25-24-43(69)59-38(12)31-67(19)20/h22-23,32-42,45-46,71H,21,24-31H2,1-20H3,(H,58,77)(H,59,69)(H,60,72)(H,61,75)(H,62,78)(H,63,73)(H,64,74)(H,65,76)(H,66,79)/b23-22+/t36-,37-,38-,39+,40+,41+,42+,45+,46-/m1/s1. The molecule has 0 aromatic heterocycles. The van der Waals surface area contributed by atoms with E-state index in [1.54, 1.807) is 13.8 Å². The van der Waals surface area contributed by atoms with Crippen LogP contribution in [0.5, 0.6) is 0 Å². The summed E-state index contributed by atoms with van der Waals surface area (Å²) in [5.41, 5.74) is -4.82. The van der Waals surface area contributed by atoms with E-state index in [1.807, 2.05) is 94.3 Å². The highest BCUT2D eigenvalue weighted by molar-refractivity contribution is 6.00. The molecule has 0 bridgehead atoms. The molecule has 452 valence electrons. The lowest BCUT2D eigenvalue weighted by Gasteiger charge is -2.34. The van der Waals surface area contributed by atoms with Gasteiger partial charge in [-0.05, 0) is 130 Å². The zero-order chi connectivity index (χ0) is 61.1. The summed E-state index contributed by atoms with van der Waals surface area (Å²) < 4.78 is 0. The van der Waals surface area contributed by atoms with E-state index in [0.717, 1.165) is 6.42 Å². The van der Waals surface area contributed by atoms with E-state index >= 15 is 0 Å². The van der Waals surface area contributed by atoms with Crippen molar-refractivity contribution >= 4 is 59.1 Å². The van der Waals surface area contributed by atoms with Crippen molar-refractivity contribution in [1.29, 1.82) is 0 Å². The zero-order valence-electron chi connectivity index (χ0n) is 51.4. The molecule has 1 heterocycles. The van der Waals surface area contributed by atoms with Crippen LogP contribution in [0, 0.1) is 35.5 Å². The molecule has 1 fully saturated rings. The second-order valence-electron chi connectivity index (χ2n) is 25.4. The molecule has 0 radical (unpaired) electrons. The van der Waals surface area contributed by atoms with Crippen LogP contribution in [0.25, 0.3) is 0 Å². The second kappa shape index (κ2) is 32.0. The third kappa shape index (κ3) is 24.7. The number of hydrogen-bond donors (Lipinski definition) is 10. The highest BCUT2D eigenvalue weighted by Gasteiger charge is 2.43. The van der Waals surface area contributed by atoms with Crippen LogP contribution in [-0.4, -0.2) is 167 Å². The van der Waals surface area contributed by atoms with Gasteiger partial charge < -0.3 is 62.8 Å². The molecule has 0 spiro atoms. The van der Waals surface area contributed by atoms with Gasteiger partial charge in [0.15, 0.2) is 0 Å². The number of amides is 10. The SMILES string of the molecule is CC[C@@H](C)/C=C/C(=O)N1C[C@H](C)C[C@H]1C(=O)N[C@@H](CC(C)C)C(=O)N[C@H](C(=O)NC(C)(C)C(=O)N[C@@H](CC(C)C)C(=O)N[C@@H](CC(C)C)C(=O)NC(C)(C)C(=O)NC(C)(C)C(=O)NCCC(=O)N[C@H](C)CN(C)C)[C@H](O)C(C)C. The van der Waals surface area contributed by atoms with Crippen molar-refractivity contribution in [2.24, 2.45) is 35.5 Å². The minimum Gasteiger partial charge on any atom is -0.390 e. The van der Waals surface area contributed by atoms with Crippen molar-refractivity contribution in [2.45, 2.75) is 222 Å². The van der Waals surface area contributed by atoms with E-state index in [-0.39, 0.29) is 79.7 Å². The van der Waals surface area contributed by atoms with Crippen LogP contribution < -0.4 is 47.9 Å². The van der Waals surface area contributed by atoms with Gasteiger partial charge in [0.25, 0.3) is 0 Å². The highest BCUT2D eigenvalue weighted by Crippen LogP contribution is 2.25.